The molecule has 1 atom stereocenters. The number of sulfonamides is 1. The van der Waals surface area contributed by atoms with Gasteiger partial charge in [0.2, 0.25) is 15.9 Å². The van der Waals surface area contributed by atoms with E-state index in [2.05, 4.69) is 21.1 Å². The quantitative estimate of drug-likeness (QED) is 0.712. The first-order valence-electron chi connectivity index (χ1n) is 8.84. The molecule has 2 aliphatic heterocycles. The molecule has 7 nitrogen and oxygen atoms in total. The van der Waals surface area contributed by atoms with Gasteiger partial charge in [0.25, 0.3) is 0 Å². The van der Waals surface area contributed by atoms with Crippen molar-refractivity contribution in [3.05, 3.63) is 39.7 Å². The van der Waals surface area contributed by atoms with Crippen LogP contribution in [0.4, 0.5) is 5.69 Å². The molecule has 2 aromatic rings. The zero-order valence-corrected chi connectivity index (χ0v) is 17.5. The van der Waals surface area contributed by atoms with E-state index in [4.69, 9.17) is 4.52 Å². The largest absolute Gasteiger partial charge is 0.361 e. The first-order chi connectivity index (χ1) is 12.8. The second-order valence-corrected chi connectivity index (χ2v) is 9.74. The molecule has 27 heavy (non-hydrogen) atoms. The molecule has 4 rings (SSSR count). The average molecular weight is 454 g/mol. The van der Waals surface area contributed by atoms with Gasteiger partial charge in [-0.3, -0.25) is 4.79 Å². The second kappa shape index (κ2) is 6.72. The van der Waals surface area contributed by atoms with Gasteiger partial charge in [0.1, 0.15) is 16.3 Å². The SMILES string of the molecule is CC(=O)N1CCc2cc(Br)cc(S(=O)(=O)N3CCCC3c3cc(C)on3)c21. The molecule has 1 saturated heterocycles. The van der Waals surface area contributed by atoms with Gasteiger partial charge in [-0.15, -0.1) is 0 Å². The maximum Gasteiger partial charge on any atom is 0.245 e. The van der Waals surface area contributed by atoms with E-state index in [1.807, 2.05) is 6.07 Å². The molecule has 2 aliphatic rings. The van der Waals surface area contributed by atoms with Crippen LogP contribution in [0, 0.1) is 6.92 Å². The van der Waals surface area contributed by atoms with Gasteiger partial charge in [0.15, 0.2) is 0 Å². The smallest absolute Gasteiger partial charge is 0.245 e. The number of rotatable bonds is 3. The first kappa shape index (κ1) is 18.6. The Morgan fingerprint density at radius 1 is 1.30 bits per heavy atom. The number of aromatic nitrogens is 1. The topological polar surface area (TPSA) is 83.7 Å². The minimum atomic E-state index is -3.81. The van der Waals surface area contributed by atoms with Gasteiger partial charge >= 0.3 is 0 Å². The lowest BCUT2D eigenvalue weighted by molar-refractivity contribution is -0.116. The third-order valence-electron chi connectivity index (χ3n) is 5.15. The molecule has 0 saturated carbocycles. The van der Waals surface area contributed by atoms with Gasteiger partial charge in [-0.2, -0.15) is 4.31 Å². The minimum absolute atomic E-state index is 0.155. The van der Waals surface area contributed by atoms with Crippen LogP contribution in [0.3, 0.4) is 0 Å². The average Bonchev–Trinajstić information content (AvgIpc) is 3.31. The van der Waals surface area contributed by atoms with Crippen LogP contribution in [0.1, 0.15) is 42.8 Å². The summed E-state index contributed by atoms with van der Waals surface area (Å²) in [4.78, 5) is 13.8. The van der Waals surface area contributed by atoms with Gasteiger partial charge in [-0.1, -0.05) is 21.1 Å². The normalized spacial score (nSPS) is 20.3. The number of carbonyl (C=O) groups is 1. The predicted octanol–water partition coefficient (Wildman–Crippen LogP) is 3.18. The van der Waals surface area contributed by atoms with E-state index in [-0.39, 0.29) is 16.8 Å². The van der Waals surface area contributed by atoms with Crippen molar-refractivity contribution in [2.24, 2.45) is 0 Å². The fraction of sp³-hybridized carbons (Fsp3) is 0.444. The van der Waals surface area contributed by atoms with Crippen molar-refractivity contribution in [1.82, 2.24) is 9.46 Å². The summed E-state index contributed by atoms with van der Waals surface area (Å²) in [6, 6.07) is 4.92. The van der Waals surface area contributed by atoms with E-state index < -0.39 is 10.0 Å². The number of halogens is 1. The summed E-state index contributed by atoms with van der Waals surface area (Å²) in [6.07, 6.45) is 2.09. The molecular formula is C18H20BrN3O4S. The molecule has 0 aliphatic carbocycles. The van der Waals surface area contributed by atoms with Crippen molar-refractivity contribution in [3.63, 3.8) is 0 Å². The molecule has 3 heterocycles. The maximum atomic E-state index is 13.6. The zero-order chi connectivity index (χ0) is 19.3. The number of carbonyl (C=O) groups excluding carboxylic acids is 1. The molecule has 0 N–H and O–H groups in total. The predicted molar refractivity (Wildman–Crippen MR) is 103 cm³/mol. The van der Waals surface area contributed by atoms with Crippen LogP contribution in [0.25, 0.3) is 0 Å². The fourth-order valence-electron chi connectivity index (χ4n) is 3.97. The second-order valence-electron chi connectivity index (χ2n) is 6.97. The third kappa shape index (κ3) is 3.11. The number of aryl methyl sites for hydroxylation is 1. The molecule has 1 aromatic carbocycles. The Kier molecular flexibility index (Phi) is 4.64. The van der Waals surface area contributed by atoms with Gasteiger partial charge in [0.05, 0.1) is 11.7 Å². The highest BCUT2D eigenvalue weighted by molar-refractivity contribution is 9.10. The van der Waals surface area contributed by atoms with Gasteiger partial charge in [-0.25, -0.2) is 8.42 Å². The zero-order valence-electron chi connectivity index (χ0n) is 15.1. The van der Waals surface area contributed by atoms with Crippen LogP contribution in [0.2, 0.25) is 0 Å². The molecule has 1 unspecified atom stereocenters. The number of fused-ring (bicyclic) bond motifs is 1. The Morgan fingerprint density at radius 2 is 2.07 bits per heavy atom. The van der Waals surface area contributed by atoms with Gasteiger partial charge < -0.3 is 9.42 Å². The molecule has 0 bridgehead atoms. The number of anilines is 1. The molecule has 144 valence electrons. The van der Waals surface area contributed by atoms with Gasteiger partial charge in [-0.05, 0) is 43.9 Å². The molecule has 0 spiro atoms. The molecule has 0 radical (unpaired) electrons. The van der Waals surface area contributed by atoms with Crippen molar-refractivity contribution in [1.29, 1.82) is 0 Å². The minimum Gasteiger partial charge on any atom is -0.361 e. The Balaban J connectivity index is 1.82. The van der Waals surface area contributed by atoms with E-state index in [0.717, 1.165) is 12.0 Å². The van der Waals surface area contributed by atoms with Crippen LogP contribution in [-0.2, 0) is 21.2 Å². The van der Waals surface area contributed by atoms with Crippen LogP contribution >= 0.6 is 15.9 Å². The van der Waals surface area contributed by atoms with E-state index in [9.17, 15) is 13.2 Å². The maximum absolute atomic E-state index is 13.6. The molecule has 1 amide bonds. The van der Waals surface area contributed by atoms with E-state index in [1.54, 1.807) is 24.0 Å². The summed E-state index contributed by atoms with van der Waals surface area (Å²) in [7, 11) is -3.81. The summed E-state index contributed by atoms with van der Waals surface area (Å²) >= 11 is 3.42. The van der Waals surface area contributed by atoms with Crippen molar-refractivity contribution in [2.45, 2.75) is 44.0 Å². The van der Waals surface area contributed by atoms with Crippen molar-refractivity contribution in [3.8, 4) is 0 Å². The molecule has 1 fully saturated rings. The Labute approximate surface area is 166 Å². The lowest BCUT2D eigenvalue weighted by Gasteiger charge is -2.26. The lowest BCUT2D eigenvalue weighted by Crippen LogP contribution is -2.33. The van der Waals surface area contributed by atoms with Crippen molar-refractivity contribution in [2.75, 3.05) is 18.0 Å². The third-order valence-corrected chi connectivity index (χ3v) is 7.53. The summed E-state index contributed by atoms with van der Waals surface area (Å²) in [5, 5.41) is 4.03. The number of nitrogens with zero attached hydrogens (tertiary/aromatic N) is 3. The number of amides is 1. The molecule has 9 heteroatoms. The highest BCUT2D eigenvalue weighted by Crippen LogP contribution is 2.42. The molecular weight excluding hydrogens is 434 g/mol. The monoisotopic (exact) mass is 453 g/mol. The van der Waals surface area contributed by atoms with Crippen LogP contribution in [-0.4, -0.2) is 36.9 Å². The number of benzene rings is 1. The van der Waals surface area contributed by atoms with Crippen molar-refractivity contribution < 1.29 is 17.7 Å². The van der Waals surface area contributed by atoms with Crippen LogP contribution in [0.15, 0.2) is 32.1 Å². The first-order valence-corrected chi connectivity index (χ1v) is 11.1. The summed E-state index contributed by atoms with van der Waals surface area (Å²) in [5.41, 5.74) is 2.00. The lowest BCUT2D eigenvalue weighted by atomic mass is 10.1. The fourth-order valence-corrected chi connectivity index (χ4v) is 6.56. The highest BCUT2D eigenvalue weighted by atomic mass is 79.9. The van der Waals surface area contributed by atoms with Crippen molar-refractivity contribution >= 4 is 37.5 Å². The van der Waals surface area contributed by atoms with Crippen LogP contribution < -0.4 is 4.90 Å². The number of hydrogen-bond donors (Lipinski definition) is 0. The highest BCUT2D eigenvalue weighted by Gasteiger charge is 2.41. The van der Waals surface area contributed by atoms with Gasteiger partial charge in [0, 0.05) is 30.6 Å². The Bertz CT molecular complexity index is 1020. The van der Waals surface area contributed by atoms with Crippen LogP contribution in [0.5, 0.6) is 0 Å². The van der Waals surface area contributed by atoms with E-state index in [1.165, 1.54) is 11.2 Å². The standard InChI is InChI=1S/C18H20BrN3O4S/c1-11-8-15(20-26-11)16-4-3-6-22(16)27(24,25)17-10-14(19)9-13-5-7-21(12(2)23)18(13)17/h8-10,16H,3-7H2,1-2H3. The Hall–Kier alpha value is -1.71. The Morgan fingerprint density at radius 3 is 2.74 bits per heavy atom. The summed E-state index contributed by atoms with van der Waals surface area (Å²) in [5.74, 6) is 0.498. The summed E-state index contributed by atoms with van der Waals surface area (Å²) < 4.78 is 34.6. The van der Waals surface area contributed by atoms with E-state index in [0.29, 0.717) is 47.5 Å². The number of hydrogen-bond acceptors (Lipinski definition) is 5. The summed E-state index contributed by atoms with van der Waals surface area (Å²) in [6.45, 7) is 4.16. The van der Waals surface area contributed by atoms with E-state index >= 15 is 0 Å². The molecule has 1 aromatic heterocycles.